The first kappa shape index (κ1) is 12.9. The van der Waals surface area contributed by atoms with Gasteiger partial charge < -0.3 is 20.4 Å². The van der Waals surface area contributed by atoms with Crippen LogP contribution in [0.5, 0.6) is 0 Å². The first-order valence-corrected chi connectivity index (χ1v) is 4.68. The Kier molecular flexibility index (Phi) is 7.87. The summed E-state index contributed by atoms with van der Waals surface area (Å²) in [6.07, 6.45) is 4.22. The van der Waals surface area contributed by atoms with E-state index in [9.17, 15) is 4.79 Å². The fourth-order valence-electron chi connectivity index (χ4n) is 0.896. The molecule has 0 spiro atoms. The summed E-state index contributed by atoms with van der Waals surface area (Å²) in [5.74, 6) is 0. The number of allylic oxidation sites excluding steroid dienone is 1. The van der Waals surface area contributed by atoms with Gasteiger partial charge in [0.1, 0.15) is 0 Å². The molecule has 0 radical (unpaired) electrons. The van der Waals surface area contributed by atoms with Crippen molar-refractivity contribution in [2.75, 3.05) is 26.3 Å². The topological polar surface area (TPSA) is 72.8 Å². The third-order valence-corrected chi connectivity index (χ3v) is 1.59. The highest BCUT2D eigenvalue weighted by Crippen LogP contribution is 1.88. The van der Waals surface area contributed by atoms with E-state index in [0.29, 0.717) is 0 Å². The molecule has 0 aliphatic heterocycles. The maximum atomic E-state index is 11.3. The summed E-state index contributed by atoms with van der Waals surface area (Å²) in [6, 6.07) is -0.308. The molecule has 0 unspecified atom stereocenters. The first-order chi connectivity index (χ1) is 6.76. The Bertz CT molecular complexity index is 177. The molecular formula is C9H18N2O3. The van der Waals surface area contributed by atoms with E-state index >= 15 is 0 Å². The van der Waals surface area contributed by atoms with Crippen molar-refractivity contribution in [1.29, 1.82) is 0 Å². The Labute approximate surface area is 84.0 Å². The Balaban J connectivity index is 3.94. The van der Waals surface area contributed by atoms with Gasteiger partial charge in [-0.3, -0.25) is 0 Å². The maximum Gasteiger partial charge on any atom is 0.321 e. The molecular weight excluding hydrogens is 184 g/mol. The predicted octanol–water partition coefficient (Wildman–Crippen LogP) is -0.0937. The molecule has 0 fully saturated rings. The van der Waals surface area contributed by atoms with Crippen LogP contribution >= 0.6 is 0 Å². The van der Waals surface area contributed by atoms with E-state index in [0.717, 1.165) is 6.42 Å². The maximum absolute atomic E-state index is 11.3. The molecule has 0 aliphatic rings. The quantitative estimate of drug-likeness (QED) is 0.563. The standard InChI is InChI=1S/C9H18N2O3/c1-2-3-4-10-9(14)11(5-7-12)6-8-13/h3-4,12-13H,2,5-8H2,1H3,(H,10,14)/b4-3+. The SMILES string of the molecule is CC/C=C/NC(=O)N(CCO)CCO. The van der Waals surface area contributed by atoms with Crippen LogP contribution in [0.15, 0.2) is 12.3 Å². The Hall–Kier alpha value is -1.07. The molecule has 0 aromatic heterocycles. The summed E-state index contributed by atoms with van der Waals surface area (Å²) in [7, 11) is 0. The normalized spacial score (nSPS) is 10.5. The number of nitrogens with zero attached hydrogens (tertiary/aromatic N) is 1. The zero-order chi connectivity index (χ0) is 10.8. The van der Waals surface area contributed by atoms with Crippen molar-refractivity contribution in [1.82, 2.24) is 10.2 Å². The van der Waals surface area contributed by atoms with Crippen LogP contribution in [0.4, 0.5) is 4.79 Å². The second-order valence-electron chi connectivity index (χ2n) is 2.69. The molecule has 0 heterocycles. The molecule has 0 aromatic carbocycles. The van der Waals surface area contributed by atoms with E-state index < -0.39 is 0 Å². The largest absolute Gasteiger partial charge is 0.395 e. The third kappa shape index (κ3) is 5.55. The van der Waals surface area contributed by atoms with Crippen molar-refractivity contribution in [2.24, 2.45) is 0 Å². The molecule has 0 rings (SSSR count). The van der Waals surface area contributed by atoms with Gasteiger partial charge in [-0.15, -0.1) is 0 Å². The lowest BCUT2D eigenvalue weighted by Gasteiger charge is -2.19. The highest BCUT2D eigenvalue weighted by atomic mass is 16.3. The molecule has 82 valence electrons. The van der Waals surface area contributed by atoms with Crippen LogP contribution in [0, 0.1) is 0 Å². The fraction of sp³-hybridized carbons (Fsp3) is 0.667. The van der Waals surface area contributed by atoms with E-state index in [1.165, 1.54) is 4.90 Å². The third-order valence-electron chi connectivity index (χ3n) is 1.59. The molecule has 0 saturated carbocycles. The van der Waals surface area contributed by atoms with Crippen molar-refractivity contribution in [2.45, 2.75) is 13.3 Å². The van der Waals surface area contributed by atoms with Crippen molar-refractivity contribution in [3.63, 3.8) is 0 Å². The average molecular weight is 202 g/mol. The number of hydrogen-bond donors (Lipinski definition) is 3. The Morgan fingerprint density at radius 2 is 1.93 bits per heavy atom. The second-order valence-corrected chi connectivity index (χ2v) is 2.69. The van der Waals surface area contributed by atoms with E-state index in [1.54, 1.807) is 6.20 Å². The minimum atomic E-state index is -0.308. The van der Waals surface area contributed by atoms with Crippen molar-refractivity contribution in [3.05, 3.63) is 12.3 Å². The highest BCUT2D eigenvalue weighted by Gasteiger charge is 2.09. The van der Waals surface area contributed by atoms with Gasteiger partial charge >= 0.3 is 6.03 Å². The smallest absolute Gasteiger partial charge is 0.321 e. The van der Waals surface area contributed by atoms with Crippen LogP contribution in [0.1, 0.15) is 13.3 Å². The molecule has 5 heteroatoms. The number of carbonyl (C=O) groups is 1. The van der Waals surface area contributed by atoms with Gasteiger partial charge in [0.15, 0.2) is 0 Å². The van der Waals surface area contributed by atoms with Gasteiger partial charge in [0.2, 0.25) is 0 Å². The lowest BCUT2D eigenvalue weighted by Crippen LogP contribution is -2.41. The summed E-state index contributed by atoms with van der Waals surface area (Å²) in [5, 5.41) is 19.9. The van der Waals surface area contributed by atoms with Crippen LogP contribution in [0.2, 0.25) is 0 Å². The predicted molar refractivity (Wildman–Crippen MR) is 53.7 cm³/mol. The van der Waals surface area contributed by atoms with Gasteiger partial charge in [-0.05, 0) is 6.42 Å². The number of rotatable bonds is 6. The van der Waals surface area contributed by atoms with E-state index in [-0.39, 0.29) is 32.3 Å². The number of carbonyl (C=O) groups excluding carboxylic acids is 1. The number of amides is 2. The summed E-state index contributed by atoms with van der Waals surface area (Å²) in [5.41, 5.74) is 0. The number of aliphatic hydroxyl groups is 2. The average Bonchev–Trinajstić information content (AvgIpc) is 2.18. The van der Waals surface area contributed by atoms with Crippen LogP contribution in [0.3, 0.4) is 0 Å². The van der Waals surface area contributed by atoms with Crippen LogP contribution in [-0.2, 0) is 0 Å². The number of hydrogen-bond acceptors (Lipinski definition) is 3. The molecule has 2 amide bonds. The zero-order valence-electron chi connectivity index (χ0n) is 8.44. The minimum absolute atomic E-state index is 0.106. The molecule has 14 heavy (non-hydrogen) atoms. The molecule has 0 bridgehead atoms. The fourth-order valence-corrected chi connectivity index (χ4v) is 0.896. The van der Waals surface area contributed by atoms with E-state index in [1.807, 2.05) is 13.0 Å². The second kappa shape index (κ2) is 8.52. The van der Waals surface area contributed by atoms with Crippen molar-refractivity contribution in [3.8, 4) is 0 Å². The number of nitrogens with one attached hydrogen (secondary N) is 1. The van der Waals surface area contributed by atoms with Gasteiger partial charge in [0, 0.05) is 19.3 Å². The summed E-state index contributed by atoms with van der Waals surface area (Å²) in [6.45, 7) is 2.20. The van der Waals surface area contributed by atoms with Crippen LogP contribution in [0.25, 0.3) is 0 Å². The van der Waals surface area contributed by atoms with Crippen LogP contribution < -0.4 is 5.32 Å². The van der Waals surface area contributed by atoms with Crippen molar-refractivity contribution >= 4 is 6.03 Å². The van der Waals surface area contributed by atoms with Gasteiger partial charge in [-0.25, -0.2) is 4.79 Å². The lowest BCUT2D eigenvalue weighted by atomic mass is 10.4. The monoisotopic (exact) mass is 202 g/mol. The number of urea groups is 1. The van der Waals surface area contributed by atoms with Gasteiger partial charge in [-0.1, -0.05) is 13.0 Å². The van der Waals surface area contributed by atoms with E-state index in [4.69, 9.17) is 10.2 Å². The molecule has 0 saturated heterocycles. The van der Waals surface area contributed by atoms with Gasteiger partial charge in [0.05, 0.1) is 13.2 Å². The summed E-state index contributed by atoms with van der Waals surface area (Å²) in [4.78, 5) is 12.7. The highest BCUT2D eigenvalue weighted by molar-refractivity contribution is 5.75. The van der Waals surface area contributed by atoms with Gasteiger partial charge in [0.25, 0.3) is 0 Å². The molecule has 0 aromatic rings. The molecule has 0 aliphatic carbocycles. The summed E-state index contributed by atoms with van der Waals surface area (Å²) >= 11 is 0. The van der Waals surface area contributed by atoms with Crippen LogP contribution in [-0.4, -0.2) is 47.4 Å². The first-order valence-electron chi connectivity index (χ1n) is 4.68. The minimum Gasteiger partial charge on any atom is -0.395 e. The van der Waals surface area contributed by atoms with Gasteiger partial charge in [-0.2, -0.15) is 0 Å². The molecule has 3 N–H and O–H groups in total. The number of aliphatic hydroxyl groups excluding tert-OH is 2. The molecule has 0 atom stereocenters. The van der Waals surface area contributed by atoms with Crippen molar-refractivity contribution < 1.29 is 15.0 Å². The Morgan fingerprint density at radius 3 is 2.36 bits per heavy atom. The zero-order valence-corrected chi connectivity index (χ0v) is 8.44. The lowest BCUT2D eigenvalue weighted by molar-refractivity contribution is 0.161. The summed E-state index contributed by atoms with van der Waals surface area (Å²) < 4.78 is 0. The Morgan fingerprint density at radius 1 is 1.36 bits per heavy atom. The van der Waals surface area contributed by atoms with E-state index in [2.05, 4.69) is 5.32 Å². The molecule has 5 nitrogen and oxygen atoms in total.